The fourth-order valence-electron chi connectivity index (χ4n) is 1.66. The third-order valence-corrected chi connectivity index (χ3v) is 2.84. The number of nitrogens with one attached hydrogen (secondary N) is 1. The molecule has 20 heavy (non-hydrogen) atoms. The van der Waals surface area contributed by atoms with Crippen LogP contribution in [0.4, 0.5) is 5.69 Å². The number of nitro benzene ring substituents is 1. The molecule has 0 spiro atoms. The highest BCUT2D eigenvalue weighted by atomic mass is 16.6. The van der Waals surface area contributed by atoms with E-state index in [0.717, 1.165) is 0 Å². The lowest BCUT2D eigenvalue weighted by Crippen LogP contribution is -2.29. The van der Waals surface area contributed by atoms with Gasteiger partial charge in [0.2, 0.25) is 5.91 Å². The van der Waals surface area contributed by atoms with E-state index in [1.54, 1.807) is 13.0 Å². The monoisotopic (exact) mass is 280 g/mol. The molecule has 0 aliphatic heterocycles. The van der Waals surface area contributed by atoms with Gasteiger partial charge in [-0.2, -0.15) is 0 Å². The number of non-ortho nitro benzene ring substituents is 1. The number of nitro groups is 1. The molecule has 0 aliphatic rings. The minimum Gasteiger partial charge on any atom is -0.481 e. The van der Waals surface area contributed by atoms with Crippen molar-refractivity contribution in [3.63, 3.8) is 0 Å². The summed E-state index contributed by atoms with van der Waals surface area (Å²) in [6.45, 7) is 1.91. The fourth-order valence-corrected chi connectivity index (χ4v) is 1.66. The first-order valence-electron chi connectivity index (χ1n) is 6.15. The lowest BCUT2D eigenvalue weighted by molar-refractivity contribution is -0.384. The van der Waals surface area contributed by atoms with Gasteiger partial charge in [-0.15, -0.1) is 0 Å². The van der Waals surface area contributed by atoms with Crippen molar-refractivity contribution in [2.24, 2.45) is 0 Å². The van der Waals surface area contributed by atoms with E-state index in [9.17, 15) is 19.7 Å². The molecule has 1 rings (SSSR count). The number of hydrogen-bond donors (Lipinski definition) is 2. The maximum atomic E-state index is 11.8. The van der Waals surface area contributed by atoms with Crippen LogP contribution in [0.25, 0.3) is 0 Å². The van der Waals surface area contributed by atoms with Crippen LogP contribution in [0.1, 0.15) is 31.2 Å². The Labute approximate surface area is 115 Å². The molecule has 1 amide bonds. The van der Waals surface area contributed by atoms with E-state index in [1.165, 1.54) is 18.2 Å². The smallest absolute Gasteiger partial charge is 0.303 e. The normalized spacial score (nSPS) is 11.7. The van der Waals surface area contributed by atoms with Gasteiger partial charge in [-0.1, -0.05) is 12.1 Å². The molecule has 0 fully saturated rings. The van der Waals surface area contributed by atoms with Gasteiger partial charge in [0.1, 0.15) is 0 Å². The second-order valence-electron chi connectivity index (χ2n) is 4.36. The SMILES string of the molecule is CC(C(=O)NCCCC(=O)O)c1cccc([N+](=O)[O-])c1. The molecule has 0 saturated carbocycles. The van der Waals surface area contributed by atoms with E-state index in [2.05, 4.69) is 5.32 Å². The molecule has 108 valence electrons. The molecule has 7 heteroatoms. The Bertz CT molecular complexity index is 515. The lowest BCUT2D eigenvalue weighted by Gasteiger charge is -2.12. The Balaban J connectivity index is 2.58. The molecule has 0 aliphatic carbocycles. The number of carboxylic acid groups (broad SMARTS) is 1. The molecule has 7 nitrogen and oxygen atoms in total. The van der Waals surface area contributed by atoms with Crippen LogP contribution in [0.3, 0.4) is 0 Å². The molecule has 2 N–H and O–H groups in total. The maximum absolute atomic E-state index is 11.8. The van der Waals surface area contributed by atoms with Gasteiger partial charge in [0.15, 0.2) is 0 Å². The Morgan fingerprint density at radius 3 is 2.75 bits per heavy atom. The number of benzene rings is 1. The Hall–Kier alpha value is -2.44. The van der Waals surface area contributed by atoms with E-state index in [4.69, 9.17) is 5.11 Å². The van der Waals surface area contributed by atoms with Gasteiger partial charge in [0.05, 0.1) is 10.8 Å². The molecule has 1 unspecified atom stereocenters. The first-order chi connectivity index (χ1) is 9.41. The standard InChI is InChI=1S/C13H16N2O5/c1-9(13(18)14-7-3-6-12(16)17)10-4-2-5-11(8-10)15(19)20/h2,4-5,8-9H,3,6-7H2,1H3,(H,14,18)(H,16,17). The molecule has 0 bridgehead atoms. The average molecular weight is 280 g/mol. The van der Waals surface area contributed by atoms with Crippen molar-refractivity contribution in [1.29, 1.82) is 0 Å². The Morgan fingerprint density at radius 2 is 2.15 bits per heavy atom. The highest BCUT2D eigenvalue weighted by molar-refractivity contribution is 5.83. The van der Waals surface area contributed by atoms with E-state index in [0.29, 0.717) is 12.0 Å². The Kier molecular flexibility index (Phi) is 5.64. The average Bonchev–Trinajstić information content (AvgIpc) is 2.42. The summed E-state index contributed by atoms with van der Waals surface area (Å²) >= 11 is 0. The fraction of sp³-hybridized carbons (Fsp3) is 0.385. The van der Waals surface area contributed by atoms with Crippen LogP contribution in [-0.2, 0) is 9.59 Å². The van der Waals surface area contributed by atoms with Crippen LogP contribution >= 0.6 is 0 Å². The first-order valence-corrected chi connectivity index (χ1v) is 6.15. The van der Waals surface area contributed by atoms with Crippen molar-refractivity contribution in [2.45, 2.75) is 25.7 Å². The highest BCUT2D eigenvalue weighted by Gasteiger charge is 2.17. The highest BCUT2D eigenvalue weighted by Crippen LogP contribution is 2.20. The predicted octanol–water partition coefficient (Wildman–Crippen LogP) is 1.68. The summed E-state index contributed by atoms with van der Waals surface area (Å²) in [5.74, 6) is -1.72. The molecule has 0 radical (unpaired) electrons. The molecule has 1 atom stereocenters. The number of aliphatic carboxylic acids is 1. The van der Waals surface area contributed by atoms with Gasteiger partial charge in [-0.25, -0.2) is 0 Å². The zero-order valence-electron chi connectivity index (χ0n) is 11.0. The van der Waals surface area contributed by atoms with Crippen LogP contribution in [0.15, 0.2) is 24.3 Å². The second kappa shape index (κ2) is 7.22. The van der Waals surface area contributed by atoms with Gasteiger partial charge in [-0.05, 0) is 18.9 Å². The second-order valence-corrected chi connectivity index (χ2v) is 4.36. The minimum absolute atomic E-state index is 0.00846. The van der Waals surface area contributed by atoms with Crippen LogP contribution in [0, 0.1) is 10.1 Å². The van der Waals surface area contributed by atoms with Crippen LogP contribution in [-0.4, -0.2) is 28.5 Å². The largest absolute Gasteiger partial charge is 0.481 e. The number of hydrogen-bond acceptors (Lipinski definition) is 4. The number of carboxylic acids is 1. The number of nitrogens with zero attached hydrogens (tertiary/aromatic N) is 1. The minimum atomic E-state index is -0.911. The quantitative estimate of drug-likeness (QED) is 0.448. The van der Waals surface area contributed by atoms with E-state index in [1.807, 2.05) is 0 Å². The van der Waals surface area contributed by atoms with Crippen molar-refractivity contribution >= 4 is 17.6 Å². The van der Waals surface area contributed by atoms with Crippen molar-refractivity contribution in [3.8, 4) is 0 Å². The summed E-state index contributed by atoms with van der Waals surface area (Å²) in [7, 11) is 0. The first kappa shape index (κ1) is 15.6. The van der Waals surface area contributed by atoms with Gasteiger partial charge in [0, 0.05) is 25.1 Å². The van der Waals surface area contributed by atoms with Crippen LogP contribution in [0.2, 0.25) is 0 Å². The third-order valence-electron chi connectivity index (χ3n) is 2.84. The molecule has 1 aromatic rings. The number of amides is 1. The van der Waals surface area contributed by atoms with Crippen molar-refractivity contribution in [1.82, 2.24) is 5.32 Å². The number of carbonyl (C=O) groups excluding carboxylic acids is 1. The summed E-state index contributed by atoms with van der Waals surface area (Å²) in [6, 6.07) is 5.90. The summed E-state index contributed by atoms with van der Waals surface area (Å²) < 4.78 is 0. The van der Waals surface area contributed by atoms with E-state index < -0.39 is 16.8 Å². The van der Waals surface area contributed by atoms with Gasteiger partial charge < -0.3 is 10.4 Å². The summed E-state index contributed by atoms with van der Waals surface area (Å²) in [4.78, 5) is 32.3. The van der Waals surface area contributed by atoms with E-state index >= 15 is 0 Å². The molecule has 0 saturated heterocycles. The summed E-state index contributed by atoms with van der Waals surface area (Å²) in [5, 5.41) is 21.8. The maximum Gasteiger partial charge on any atom is 0.303 e. The van der Waals surface area contributed by atoms with Crippen molar-refractivity contribution in [2.75, 3.05) is 6.54 Å². The van der Waals surface area contributed by atoms with Gasteiger partial charge in [-0.3, -0.25) is 19.7 Å². The lowest BCUT2D eigenvalue weighted by atomic mass is 10.00. The zero-order valence-corrected chi connectivity index (χ0v) is 11.0. The van der Waals surface area contributed by atoms with Gasteiger partial charge >= 0.3 is 5.97 Å². The van der Waals surface area contributed by atoms with Crippen molar-refractivity contribution < 1.29 is 19.6 Å². The zero-order chi connectivity index (χ0) is 15.1. The summed E-state index contributed by atoms with van der Waals surface area (Å²) in [5.41, 5.74) is 0.489. The molecule has 0 aromatic heterocycles. The Morgan fingerprint density at radius 1 is 1.45 bits per heavy atom. The number of carbonyl (C=O) groups is 2. The topological polar surface area (TPSA) is 110 Å². The number of rotatable bonds is 7. The summed E-state index contributed by atoms with van der Waals surface area (Å²) in [6.07, 6.45) is 0.341. The molecule has 1 aromatic carbocycles. The van der Waals surface area contributed by atoms with Crippen LogP contribution < -0.4 is 5.32 Å². The van der Waals surface area contributed by atoms with Gasteiger partial charge in [0.25, 0.3) is 5.69 Å². The van der Waals surface area contributed by atoms with Crippen LogP contribution in [0.5, 0.6) is 0 Å². The third kappa shape index (κ3) is 4.68. The van der Waals surface area contributed by atoms with Crippen molar-refractivity contribution in [3.05, 3.63) is 39.9 Å². The van der Waals surface area contributed by atoms with E-state index in [-0.39, 0.29) is 24.6 Å². The molecular weight excluding hydrogens is 264 g/mol. The molecular formula is C13H16N2O5. The predicted molar refractivity (Wildman–Crippen MR) is 71.4 cm³/mol. The molecule has 0 heterocycles.